The van der Waals surface area contributed by atoms with Gasteiger partial charge in [-0.1, -0.05) is 32.0 Å². The van der Waals surface area contributed by atoms with Crippen LogP contribution in [-0.4, -0.2) is 24.4 Å². The molecule has 18 heavy (non-hydrogen) atoms. The first-order valence-electron chi connectivity index (χ1n) is 6.65. The van der Waals surface area contributed by atoms with Crippen molar-refractivity contribution in [3.05, 3.63) is 29.8 Å². The van der Waals surface area contributed by atoms with Crippen LogP contribution in [0.2, 0.25) is 0 Å². The molecule has 0 heterocycles. The largest absolute Gasteiger partial charge is 0.496 e. The summed E-state index contributed by atoms with van der Waals surface area (Å²) in [4.78, 5) is 0. The van der Waals surface area contributed by atoms with Crippen molar-refractivity contribution >= 4 is 0 Å². The first kappa shape index (κ1) is 15.0. The highest BCUT2D eigenvalue weighted by Crippen LogP contribution is 2.25. The number of nitrogens with one attached hydrogen (secondary N) is 1. The molecular formula is C15H25NO2. The van der Waals surface area contributed by atoms with Crippen LogP contribution in [0, 0.1) is 0 Å². The van der Waals surface area contributed by atoms with Crippen LogP contribution in [-0.2, 0) is 0 Å². The van der Waals surface area contributed by atoms with E-state index in [9.17, 15) is 5.11 Å². The van der Waals surface area contributed by atoms with E-state index in [1.54, 1.807) is 7.11 Å². The average Bonchev–Trinajstić information content (AvgIpc) is 2.44. The molecule has 0 amide bonds. The van der Waals surface area contributed by atoms with Crippen molar-refractivity contribution in [1.29, 1.82) is 0 Å². The zero-order chi connectivity index (χ0) is 13.6. The maximum atomic E-state index is 10.3. The Bertz CT molecular complexity index is 361. The van der Waals surface area contributed by atoms with Gasteiger partial charge in [-0.2, -0.15) is 0 Å². The molecule has 0 radical (unpaired) electrons. The van der Waals surface area contributed by atoms with Gasteiger partial charge in [0.15, 0.2) is 0 Å². The fourth-order valence-corrected chi connectivity index (χ4v) is 1.98. The molecule has 0 fully saturated rings. The van der Waals surface area contributed by atoms with E-state index in [1.807, 2.05) is 38.1 Å². The van der Waals surface area contributed by atoms with E-state index >= 15 is 0 Å². The summed E-state index contributed by atoms with van der Waals surface area (Å²) in [5, 5.41) is 13.6. The standard InChI is InChI=1S/C15H25NO2/c1-5-15(17,6-2)11-16-12(3)13-9-7-8-10-14(13)18-4/h7-10,12,16-17H,5-6,11H2,1-4H3/t12-/m0/s1. The number of ether oxygens (including phenoxy) is 1. The summed E-state index contributed by atoms with van der Waals surface area (Å²) >= 11 is 0. The highest BCUT2D eigenvalue weighted by atomic mass is 16.5. The summed E-state index contributed by atoms with van der Waals surface area (Å²) in [5.41, 5.74) is 0.505. The predicted molar refractivity (Wildman–Crippen MR) is 74.9 cm³/mol. The lowest BCUT2D eigenvalue weighted by molar-refractivity contribution is 0.0302. The Balaban J connectivity index is 2.68. The van der Waals surface area contributed by atoms with Crippen LogP contribution in [0.3, 0.4) is 0 Å². The molecule has 1 rings (SSSR count). The number of methoxy groups -OCH3 is 1. The van der Waals surface area contributed by atoms with Crippen LogP contribution in [0.25, 0.3) is 0 Å². The summed E-state index contributed by atoms with van der Waals surface area (Å²) in [6.07, 6.45) is 1.52. The van der Waals surface area contributed by atoms with Gasteiger partial charge in [0.2, 0.25) is 0 Å². The zero-order valence-electron chi connectivity index (χ0n) is 11.9. The van der Waals surface area contributed by atoms with E-state index in [4.69, 9.17) is 4.74 Å². The SMILES string of the molecule is CCC(O)(CC)CN[C@@H](C)c1ccccc1OC. The predicted octanol–water partition coefficient (Wildman–Crippen LogP) is 2.90. The van der Waals surface area contributed by atoms with Crippen molar-refractivity contribution < 1.29 is 9.84 Å². The van der Waals surface area contributed by atoms with Crippen molar-refractivity contribution in [3.63, 3.8) is 0 Å². The van der Waals surface area contributed by atoms with E-state index in [2.05, 4.69) is 12.2 Å². The van der Waals surface area contributed by atoms with Gasteiger partial charge in [-0.15, -0.1) is 0 Å². The zero-order valence-corrected chi connectivity index (χ0v) is 11.9. The number of hydrogen-bond donors (Lipinski definition) is 2. The van der Waals surface area contributed by atoms with Gasteiger partial charge in [0, 0.05) is 18.2 Å². The second-order valence-electron chi connectivity index (χ2n) is 4.78. The van der Waals surface area contributed by atoms with Crippen LogP contribution in [0.4, 0.5) is 0 Å². The Morgan fingerprint density at radius 1 is 1.28 bits per heavy atom. The molecule has 1 atom stereocenters. The van der Waals surface area contributed by atoms with Gasteiger partial charge in [0.05, 0.1) is 12.7 Å². The maximum Gasteiger partial charge on any atom is 0.123 e. The van der Waals surface area contributed by atoms with Crippen molar-refractivity contribution in [2.75, 3.05) is 13.7 Å². The Kier molecular flexibility index (Phi) is 5.63. The molecule has 0 bridgehead atoms. The van der Waals surface area contributed by atoms with Crippen LogP contribution in [0.5, 0.6) is 5.75 Å². The lowest BCUT2D eigenvalue weighted by Crippen LogP contribution is -2.40. The Hall–Kier alpha value is -1.06. The molecule has 0 saturated carbocycles. The fraction of sp³-hybridized carbons (Fsp3) is 0.600. The van der Waals surface area contributed by atoms with Crippen molar-refractivity contribution in [3.8, 4) is 5.75 Å². The molecule has 2 N–H and O–H groups in total. The average molecular weight is 251 g/mol. The monoisotopic (exact) mass is 251 g/mol. The van der Waals surface area contributed by atoms with Gasteiger partial charge < -0.3 is 15.2 Å². The second-order valence-corrected chi connectivity index (χ2v) is 4.78. The normalized spacial score (nSPS) is 13.4. The van der Waals surface area contributed by atoms with Crippen LogP contribution in [0.1, 0.15) is 45.2 Å². The van der Waals surface area contributed by atoms with Gasteiger partial charge in [-0.05, 0) is 25.8 Å². The van der Waals surface area contributed by atoms with Gasteiger partial charge in [0.25, 0.3) is 0 Å². The van der Waals surface area contributed by atoms with E-state index < -0.39 is 5.60 Å². The lowest BCUT2D eigenvalue weighted by atomic mass is 9.96. The van der Waals surface area contributed by atoms with E-state index in [0.717, 1.165) is 24.2 Å². The number of benzene rings is 1. The third kappa shape index (κ3) is 3.72. The molecule has 1 aromatic carbocycles. The number of aliphatic hydroxyl groups is 1. The second kappa shape index (κ2) is 6.76. The van der Waals surface area contributed by atoms with Gasteiger partial charge in [-0.25, -0.2) is 0 Å². The van der Waals surface area contributed by atoms with Gasteiger partial charge in [0.1, 0.15) is 5.75 Å². The first-order chi connectivity index (χ1) is 8.56. The van der Waals surface area contributed by atoms with E-state index in [-0.39, 0.29) is 6.04 Å². The Morgan fingerprint density at radius 2 is 1.89 bits per heavy atom. The van der Waals surface area contributed by atoms with Crippen LogP contribution >= 0.6 is 0 Å². The minimum atomic E-state index is -0.615. The van der Waals surface area contributed by atoms with E-state index in [0.29, 0.717) is 6.54 Å². The topological polar surface area (TPSA) is 41.5 Å². The van der Waals surface area contributed by atoms with E-state index in [1.165, 1.54) is 0 Å². The first-order valence-corrected chi connectivity index (χ1v) is 6.65. The summed E-state index contributed by atoms with van der Waals surface area (Å²) < 4.78 is 5.35. The molecule has 0 unspecified atom stereocenters. The van der Waals surface area contributed by atoms with Crippen LogP contribution in [0.15, 0.2) is 24.3 Å². The Labute approximate surface area is 110 Å². The summed E-state index contributed by atoms with van der Waals surface area (Å²) in [6, 6.07) is 8.13. The number of hydrogen-bond acceptors (Lipinski definition) is 3. The lowest BCUT2D eigenvalue weighted by Gasteiger charge is -2.28. The molecule has 0 aliphatic rings. The van der Waals surface area contributed by atoms with Crippen molar-refractivity contribution in [2.45, 2.75) is 45.3 Å². The molecular weight excluding hydrogens is 226 g/mol. The fourth-order valence-electron chi connectivity index (χ4n) is 1.98. The minimum absolute atomic E-state index is 0.158. The quantitative estimate of drug-likeness (QED) is 0.783. The molecule has 0 saturated heterocycles. The van der Waals surface area contributed by atoms with Gasteiger partial charge in [-0.3, -0.25) is 0 Å². The van der Waals surface area contributed by atoms with Crippen molar-refractivity contribution in [2.24, 2.45) is 0 Å². The molecule has 3 heteroatoms. The van der Waals surface area contributed by atoms with Crippen LogP contribution < -0.4 is 10.1 Å². The molecule has 0 spiro atoms. The summed E-state index contributed by atoms with van der Waals surface area (Å²) in [5.74, 6) is 0.883. The highest BCUT2D eigenvalue weighted by molar-refractivity contribution is 5.35. The summed E-state index contributed by atoms with van der Waals surface area (Å²) in [6.45, 7) is 6.71. The molecule has 3 nitrogen and oxygen atoms in total. The minimum Gasteiger partial charge on any atom is -0.496 e. The summed E-state index contributed by atoms with van der Waals surface area (Å²) in [7, 11) is 1.68. The number of rotatable bonds is 7. The molecule has 102 valence electrons. The number of para-hydroxylation sites is 1. The molecule has 0 aliphatic carbocycles. The maximum absolute atomic E-state index is 10.3. The smallest absolute Gasteiger partial charge is 0.123 e. The third-order valence-corrected chi connectivity index (χ3v) is 3.66. The third-order valence-electron chi connectivity index (χ3n) is 3.66. The van der Waals surface area contributed by atoms with Gasteiger partial charge >= 0.3 is 0 Å². The van der Waals surface area contributed by atoms with Crippen molar-refractivity contribution in [1.82, 2.24) is 5.32 Å². The Morgan fingerprint density at radius 3 is 2.44 bits per heavy atom. The molecule has 0 aromatic heterocycles. The molecule has 0 aliphatic heterocycles. The molecule has 1 aromatic rings. The highest BCUT2D eigenvalue weighted by Gasteiger charge is 2.23.